The molecule has 4 aromatic carbocycles. The van der Waals surface area contributed by atoms with Gasteiger partial charge in [0.25, 0.3) is 0 Å². The van der Waals surface area contributed by atoms with Crippen LogP contribution in [-0.4, -0.2) is 178 Å². The molecule has 1 fully saturated rings. The second-order valence-corrected chi connectivity index (χ2v) is 25.2. The first-order valence-electron chi connectivity index (χ1n) is 32.6. The molecule has 0 radical (unpaired) electrons. The van der Waals surface area contributed by atoms with Crippen LogP contribution in [0, 0.1) is 11.3 Å². The van der Waals surface area contributed by atoms with Gasteiger partial charge in [-0.05, 0) is 128 Å². The highest BCUT2D eigenvalue weighted by atomic mass is 35.5. The van der Waals surface area contributed by atoms with Crippen LogP contribution >= 0.6 is 11.6 Å². The summed E-state index contributed by atoms with van der Waals surface area (Å²) in [5, 5.41) is 57.1. The fourth-order valence-electron chi connectivity index (χ4n) is 11.1. The van der Waals surface area contributed by atoms with E-state index in [1.165, 1.54) is 48.5 Å². The fraction of sp³-hybridized carbons (Fsp3) is 0.426. The standard InChI is InChI=1S/C68H90ClN17O13/c1-38(2)30-51(60(92)80-50(14-8-27-76-67(72)73)66(98)86-29-9-15-56(86)65(97)78-39(3)57(71)89)82-59(91)49(13-7-28-77-68(74)99)79-61(93)53(34-41-19-24-47(88)25-20-41)84-64(96)55(37-87)85-63(95)54(35-43-10-6-26-75-36-43)83-62(94)52(33-40-17-22-46(69)23-18-40)81-58(90)48(70)32-42-16-21-44-11-4-5-12-45(44)31-42/h4-6,10-12,16-26,31,36,38-39,48-56,87-88H,7-9,13-15,27-30,32-35,37,70H2,1-3H3,(H2,71,89)(H,78,97)(H,79,93)(H,80,92)(H,81,90)(H,82,91)(H,83,94)(H,84,96)(H,85,95)(H4,72,73,76)(H3,74,77,99)/t39-,48-,49-,50+,51+,52-,53+,54-,55+,56?/m1/s1. The Kier molecular flexibility index (Phi) is 30.1. The Bertz CT molecular complexity index is 3630. The van der Waals surface area contributed by atoms with Gasteiger partial charge in [-0.15, -0.1) is 0 Å². The smallest absolute Gasteiger partial charge is 0.312 e. The van der Waals surface area contributed by atoms with Gasteiger partial charge in [0.15, 0.2) is 5.96 Å². The first-order valence-corrected chi connectivity index (χ1v) is 33.0. The van der Waals surface area contributed by atoms with Crippen LogP contribution in [0.4, 0.5) is 4.79 Å². The van der Waals surface area contributed by atoms with Gasteiger partial charge < -0.3 is 91.2 Å². The van der Waals surface area contributed by atoms with Crippen molar-refractivity contribution in [2.45, 2.75) is 152 Å². The summed E-state index contributed by atoms with van der Waals surface area (Å²) in [6.07, 6.45) is 2.97. The molecule has 31 heteroatoms. The van der Waals surface area contributed by atoms with E-state index in [1.807, 2.05) is 42.5 Å². The molecule has 1 aromatic heterocycles. The summed E-state index contributed by atoms with van der Waals surface area (Å²) in [4.78, 5) is 159. The number of halogens is 1. The zero-order valence-corrected chi connectivity index (χ0v) is 56.1. The Labute approximate surface area is 577 Å². The molecule has 6 rings (SSSR count). The maximum Gasteiger partial charge on any atom is 0.312 e. The number of nitrogens with one attached hydrogen (secondary N) is 11. The van der Waals surface area contributed by atoms with Crippen molar-refractivity contribution in [3.63, 3.8) is 0 Å². The molecule has 1 saturated heterocycles. The number of urea groups is 1. The zero-order valence-electron chi connectivity index (χ0n) is 55.4. The number of aromatic nitrogens is 1. The summed E-state index contributed by atoms with van der Waals surface area (Å²) < 4.78 is 0. The number of likely N-dealkylation sites (tertiary alicyclic amines) is 1. The van der Waals surface area contributed by atoms with Crippen molar-refractivity contribution in [3.8, 4) is 5.75 Å². The summed E-state index contributed by atoms with van der Waals surface area (Å²) in [7, 11) is 0. The number of aliphatic hydroxyl groups is 1. The summed E-state index contributed by atoms with van der Waals surface area (Å²) in [5.74, 6) is -9.22. The number of hydrogen-bond acceptors (Lipinski definition) is 16. The Morgan fingerprint density at radius 1 is 0.576 bits per heavy atom. The maximum absolute atomic E-state index is 14.8. The molecule has 0 spiro atoms. The monoisotopic (exact) mass is 1390 g/mol. The molecule has 21 N–H and O–H groups in total. The van der Waals surface area contributed by atoms with Gasteiger partial charge in [-0.1, -0.05) is 98.2 Å². The first kappa shape index (κ1) is 77.5. The van der Waals surface area contributed by atoms with Crippen LogP contribution in [0.25, 0.3) is 10.8 Å². The number of rotatable bonds is 37. The lowest BCUT2D eigenvalue weighted by Gasteiger charge is -2.31. The van der Waals surface area contributed by atoms with E-state index in [4.69, 9.17) is 39.9 Å². The number of guanidine groups is 1. The number of nitrogens with two attached hydrogens (primary N) is 4. The van der Waals surface area contributed by atoms with E-state index in [2.05, 4.69) is 58.2 Å². The molecule has 10 atom stereocenters. The van der Waals surface area contributed by atoms with Crippen LogP contribution in [0.2, 0.25) is 5.02 Å². The number of amides is 12. The Morgan fingerprint density at radius 2 is 1.08 bits per heavy atom. The second-order valence-electron chi connectivity index (χ2n) is 24.7. The molecule has 532 valence electrons. The van der Waals surface area contributed by atoms with Gasteiger partial charge in [0.1, 0.15) is 60.1 Å². The summed E-state index contributed by atoms with van der Waals surface area (Å²) >= 11 is 6.20. The third-order valence-corrected chi connectivity index (χ3v) is 16.6. The van der Waals surface area contributed by atoms with E-state index in [1.54, 1.807) is 50.2 Å². The van der Waals surface area contributed by atoms with Gasteiger partial charge in [0.2, 0.25) is 59.1 Å². The number of aromatic hydroxyl groups is 1. The number of primary amides is 2. The van der Waals surface area contributed by atoms with Crippen LogP contribution in [0.5, 0.6) is 5.75 Å². The molecule has 30 nitrogen and oxygen atoms in total. The molecule has 12 amide bonds. The third-order valence-electron chi connectivity index (χ3n) is 16.4. The average molecular weight is 1390 g/mol. The molecule has 1 unspecified atom stereocenters. The van der Waals surface area contributed by atoms with E-state index < -0.39 is 132 Å². The highest BCUT2D eigenvalue weighted by Crippen LogP contribution is 2.22. The fourth-order valence-corrected chi connectivity index (χ4v) is 11.2. The zero-order chi connectivity index (χ0) is 72.3. The molecular weight excluding hydrogens is 1300 g/mol. The highest BCUT2D eigenvalue weighted by molar-refractivity contribution is 6.30. The Balaban J connectivity index is 1.24. The minimum atomic E-state index is -1.83. The largest absolute Gasteiger partial charge is 0.508 e. The van der Waals surface area contributed by atoms with Gasteiger partial charge in [0, 0.05) is 56.3 Å². The van der Waals surface area contributed by atoms with Crippen molar-refractivity contribution < 1.29 is 63.0 Å². The SMILES string of the molecule is CC(C)C[C@H](NC(=O)[C@@H](CCCNC(N)=O)NC(=O)[C@H](Cc1ccc(O)cc1)NC(=O)[C@H](CO)NC(=O)[C@@H](Cc1cccnc1)NC(=O)[C@@H](Cc1ccc(Cl)cc1)NC(=O)[C@H](N)Cc1ccc2ccccc2c1)C(=O)N[C@@H](CCCNC(=N)N)C(=O)N1CCCC1C(=O)N[C@H](C)C(N)=O. The molecule has 0 saturated carbocycles. The van der Waals surface area contributed by atoms with Crippen molar-refractivity contribution in [1.29, 1.82) is 5.41 Å². The van der Waals surface area contributed by atoms with Crippen LogP contribution in [0.1, 0.15) is 88.0 Å². The summed E-state index contributed by atoms with van der Waals surface area (Å²) in [6, 6.07) is 14.0. The normalized spacial score (nSPS) is 15.4. The number of phenols is 1. The van der Waals surface area contributed by atoms with E-state index in [-0.39, 0.29) is 101 Å². The van der Waals surface area contributed by atoms with Gasteiger partial charge in [-0.25, -0.2) is 4.79 Å². The highest BCUT2D eigenvalue weighted by Gasteiger charge is 2.40. The number of benzene rings is 4. The molecule has 1 aliphatic heterocycles. The third kappa shape index (κ3) is 25.2. The van der Waals surface area contributed by atoms with Crippen LogP contribution in [0.15, 0.2) is 116 Å². The molecule has 0 aliphatic carbocycles. The number of nitrogens with zero attached hydrogens (tertiary/aromatic N) is 2. The number of phenolic OH excluding ortho intramolecular Hbond substituents is 1. The van der Waals surface area contributed by atoms with Gasteiger partial charge in [-0.2, -0.15) is 0 Å². The van der Waals surface area contributed by atoms with Crippen molar-refractivity contribution in [2.75, 3.05) is 26.2 Å². The lowest BCUT2D eigenvalue weighted by atomic mass is 10.00. The topological polar surface area (TPSA) is 493 Å². The number of carbonyl (C=O) groups excluding carboxylic acids is 11. The van der Waals surface area contributed by atoms with Gasteiger partial charge in [-0.3, -0.25) is 58.3 Å². The molecule has 5 aromatic rings. The van der Waals surface area contributed by atoms with E-state index in [0.717, 1.165) is 16.3 Å². The minimum absolute atomic E-state index is 0.00817. The molecular formula is C68H90ClN17O13. The number of carbonyl (C=O) groups is 11. The van der Waals surface area contributed by atoms with Crippen molar-refractivity contribution in [1.82, 2.24) is 63.1 Å². The molecule has 99 heavy (non-hydrogen) atoms. The maximum atomic E-state index is 14.8. The average Bonchev–Trinajstić information content (AvgIpc) is 1.55. The van der Waals surface area contributed by atoms with E-state index in [9.17, 15) is 63.0 Å². The van der Waals surface area contributed by atoms with Crippen molar-refractivity contribution in [2.24, 2.45) is 28.9 Å². The lowest BCUT2D eigenvalue weighted by molar-refractivity contribution is -0.142. The first-order chi connectivity index (χ1) is 47.2. The molecule has 0 bridgehead atoms. The molecule has 2 heterocycles. The van der Waals surface area contributed by atoms with E-state index >= 15 is 0 Å². The minimum Gasteiger partial charge on any atom is -0.508 e. The van der Waals surface area contributed by atoms with Crippen LogP contribution in [-0.2, 0) is 73.6 Å². The summed E-state index contributed by atoms with van der Waals surface area (Å²) in [5.41, 5.74) is 24.9. The predicted octanol–water partition coefficient (Wildman–Crippen LogP) is -0.684. The second kappa shape index (κ2) is 38.5. The van der Waals surface area contributed by atoms with Crippen LogP contribution < -0.4 is 76.1 Å². The lowest BCUT2D eigenvalue weighted by Crippen LogP contribution is -2.61. The number of aliphatic hydroxyl groups excluding tert-OH is 1. The van der Waals surface area contributed by atoms with Gasteiger partial charge >= 0.3 is 6.03 Å². The van der Waals surface area contributed by atoms with Crippen LogP contribution in [0.3, 0.4) is 0 Å². The summed E-state index contributed by atoms with van der Waals surface area (Å²) in [6.45, 7) is 4.01. The predicted molar refractivity (Wildman–Crippen MR) is 368 cm³/mol. The quantitative estimate of drug-likeness (QED) is 0.0133. The number of hydrogen-bond donors (Lipinski definition) is 17. The van der Waals surface area contributed by atoms with Crippen molar-refractivity contribution >= 4 is 93.4 Å². The Morgan fingerprint density at radius 3 is 1.66 bits per heavy atom. The van der Waals surface area contributed by atoms with Gasteiger partial charge in [0.05, 0.1) is 12.6 Å². The van der Waals surface area contributed by atoms with Crippen molar-refractivity contribution in [3.05, 3.63) is 143 Å². The Hall–Kier alpha value is -10.5. The van der Waals surface area contributed by atoms with E-state index in [0.29, 0.717) is 28.1 Å². The number of fused-ring (bicyclic) bond motifs is 1. The molecule has 1 aliphatic rings. The number of pyridine rings is 1.